The van der Waals surface area contributed by atoms with Crippen LogP contribution in [0.1, 0.15) is 11.1 Å². The molecule has 1 aliphatic heterocycles. The van der Waals surface area contributed by atoms with Gasteiger partial charge in [0.25, 0.3) is 0 Å². The number of benzene rings is 1. The third-order valence-electron chi connectivity index (χ3n) is 3.27. The first kappa shape index (κ1) is 14.0. The molecule has 8 heteroatoms. The van der Waals surface area contributed by atoms with Crippen LogP contribution in [-0.2, 0) is 17.4 Å². The molecule has 1 aromatic carbocycles. The fraction of sp³-hybridized carbons (Fsp3) is 0.154. The third-order valence-corrected chi connectivity index (χ3v) is 3.27. The number of hydrogen-bond donors (Lipinski definition) is 1. The summed E-state index contributed by atoms with van der Waals surface area (Å²) in [4.78, 5) is 3.50. The summed E-state index contributed by atoms with van der Waals surface area (Å²) in [7, 11) is -1.20. The summed E-state index contributed by atoms with van der Waals surface area (Å²) in [5.74, 6) is -0.687. The summed E-state index contributed by atoms with van der Waals surface area (Å²) in [6, 6.07) is 3.26. The lowest BCUT2D eigenvalue weighted by Crippen LogP contribution is -2.28. The molecule has 1 N–H and O–H groups in total. The van der Waals surface area contributed by atoms with Crippen molar-refractivity contribution in [3.63, 3.8) is 0 Å². The van der Waals surface area contributed by atoms with Gasteiger partial charge in [-0.2, -0.15) is 13.2 Å². The molecule has 0 bridgehead atoms. The molecule has 0 unspecified atom stereocenters. The third kappa shape index (κ3) is 2.52. The van der Waals surface area contributed by atoms with Crippen molar-refractivity contribution in [2.45, 2.75) is 12.8 Å². The van der Waals surface area contributed by atoms with Crippen molar-refractivity contribution < 1.29 is 27.2 Å². The SMILES string of the molecule is OB1OCc2cc(F)c(-c3cncc(C(F)(F)F)c3)cc21. The summed E-state index contributed by atoms with van der Waals surface area (Å²) < 4.78 is 57.0. The lowest BCUT2D eigenvalue weighted by atomic mass is 9.78. The Hall–Kier alpha value is -1.93. The highest BCUT2D eigenvalue weighted by Crippen LogP contribution is 2.32. The monoisotopic (exact) mass is 297 g/mol. The van der Waals surface area contributed by atoms with Crippen molar-refractivity contribution in [2.75, 3.05) is 0 Å². The fourth-order valence-electron chi connectivity index (χ4n) is 2.21. The zero-order chi connectivity index (χ0) is 15.2. The van der Waals surface area contributed by atoms with Crippen molar-refractivity contribution in [1.29, 1.82) is 0 Å². The van der Waals surface area contributed by atoms with E-state index in [0.717, 1.165) is 18.3 Å². The Morgan fingerprint density at radius 1 is 1.19 bits per heavy atom. The summed E-state index contributed by atoms with van der Waals surface area (Å²) in [6.07, 6.45) is -2.74. The average molecular weight is 297 g/mol. The van der Waals surface area contributed by atoms with Gasteiger partial charge in [0.2, 0.25) is 0 Å². The fourth-order valence-corrected chi connectivity index (χ4v) is 2.21. The van der Waals surface area contributed by atoms with E-state index in [1.807, 2.05) is 0 Å². The van der Waals surface area contributed by atoms with Crippen LogP contribution in [0.25, 0.3) is 11.1 Å². The molecule has 3 rings (SSSR count). The first-order valence-corrected chi connectivity index (χ1v) is 6.01. The summed E-state index contributed by atoms with van der Waals surface area (Å²) in [6.45, 7) is 0.0640. The van der Waals surface area contributed by atoms with Crippen LogP contribution in [0.5, 0.6) is 0 Å². The Bertz CT molecular complexity index is 705. The van der Waals surface area contributed by atoms with E-state index in [0.29, 0.717) is 17.2 Å². The van der Waals surface area contributed by atoms with E-state index in [-0.39, 0.29) is 17.7 Å². The molecule has 108 valence electrons. The van der Waals surface area contributed by atoms with E-state index in [1.165, 1.54) is 6.07 Å². The molecule has 1 aromatic heterocycles. The van der Waals surface area contributed by atoms with Gasteiger partial charge in [-0.25, -0.2) is 4.39 Å². The van der Waals surface area contributed by atoms with Crippen molar-refractivity contribution in [3.8, 4) is 11.1 Å². The second-order valence-electron chi connectivity index (χ2n) is 4.65. The molecular weight excluding hydrogens is 289 g/mol. The molecule has 0 atom stereocenters. The van der Waals surface area contributed by atoms with Crippen LogP contribution in [0.4, 0.5) is 17.6 Å². The minimum Gasteiger partial charge on any atom is -0.423 e. The summed E-state index contributed by atoms with van der Waals surface area (Å²) >= 11 is 0. The Balaban J connectivity index is 2.11. The molecule has 0 radical (unpaired) electrons. The van der Waals surface area contributed by atoms with Crippen molar-refractivity contribution in [1.82, 2.24) is 4.98 Å². The normalized spacial score (nSPS) is 14.4. The molecule has 0 aliphatic carbocycles. The number of aromatic nitrogens is 1. The van der Waals surface area contributed by atoms with Crippen LogP contribution in [0.2, 0.25) is 0 Å². The van der Waals surface area contributed by atoms with Crippen LogP contribution >= 0.6 is 0 Å². The smallest absolute Gasteiger partial charge is 0.423 e. The van der Waals surface area contributed by atoms with E-state index < -0.39 is 24.7 Å². The Morgan fingerprint density at radius 3 is 2.67 bits per heavy atom. The molecule has 2 aromatic rings. The van der Waals surface area contributed by atoms with Gasteiger partial charge in [-0.3, -0.25) is 4.98 Å². The maximum Gasteiger partial charge on any atom is 0.491 e. The number of alkyl halides is 3. The molecule has 1 aliphatic rings. The molecule has 2 heterocycles. The van der Waals surface area contributed by atoms with Crippen molar-refractivity contribution in [2.24, 2.45) is 0 Å². The molecule has 0 spiro atoms. The number of hydrogen-bond acceptors (Lipinski definition) is 3. The van der Waals surface area contributed by atoms with Gasteiger partial charge in [0.1, 0.15) is 5.82 Å². The van der Waals surface area contributed by atoms with Gasteiger partial charge in [0.15, 0.2) is 0 Å². The number of rotatable bonds is 1. The quantitative estimate of drug-likeness (QED) is 0.647. The molecule has 21 heavy (non-hydrogen) atoms. The molecule has 3 nitrogen and oxygen atoms in total. The van der Waals surface area contributed by atoms with E-state index in [9.17, 15) is 22.6 Å². The largest absolute Gasteiger partial charge is 0.491 e. The van der Waals surface area contributed by atoms with Gasteiger partial charge < -0.3 is 9.68 Å². The van der Waals surface area contributed by atoms with Gasteiger partial charge in [-0.1, -0.05) is 6.07 Å². The number of halogens is 4. The average Bonchev–Trinajstić information content (AvgIpc) is 2.78. The topological polar surface area (TPSA) is 42.4 Å². The minimum atomic E-state index is -4.56. The molecule has 0 fully saturated rings. The second-order valence-corrected chi connectivity index (χ2v) is 4.65. The lowest BCUT2D eigenvalue weighted by Gasteiger charge is -2.10. The van der Waals surface area contributed by atoms with E-state index >= 15 is 0 Å². The molecular formula is C13H8BF4NO2. The number of nitrogens with zero attached hydrogens (tertiary/aromatic N) is 1. The predicted molar refractivity (Wildman–Crippen MR) is 67.0 cm³/mol. The summed E-state index contributed by atoms with van der Waals surface area (Å²) in [5, 5.41) is 9.59. The van der Waals surface area contributed by atoms with Gasteiger partial charge >= 0.3 is 13.3 Å². The molecule has 0 saturated heterocycles. The van der Waals surface area contributed by atoms with Crippen LogP contribution in [0.3, 0.4) is 0 Å². The Labute approximate surface area is 117 Å². The van der Waals surface area contributed by atoms with E-state index in [4.69, 9.17) is 4.65 Å². The lowest BCUT2D eigenvalue weighted by molar-refractivity contribution is -0.137. The molecule has 0 amide bonds. The van der Waals surface area contributed by atoms with Gasteiger partial charge in [-0.15, -0.1) is 0 Å². The summed E-state index contributed by atoms with van der Waals surface area (Å²) in [5.41, 5.74) is -0.203. The van der Waals surface area contributed by atoms with Gasteiger partial charge in [-0.05, 0) is 23.2 Å². The minimum absolute atomic E-state index is 0.00998. The highest BCUT2D eigenvalue weighted by atomic mass is 19.4. The van der Waals surface area contributed by atoms with Crippen molar-refractivity contribution >= 4 is 12.6 Å². The Morgan fingerprint density at radius 2 is 1.95 bits per heavy atom. The van der Waals surface area contributed by atoms with Crippen LogP contribution in [0.15, 0.2) is 30.6 Å². The van der Waals surface area contributed by atoms with Gasteiger partial charge in [0, 0.05) is 23.5 Å². The van der Waals surface area contributed by atoms with Crippen LogP contribution in [0, 0.1) is 5.82 Å². The van der Waals surface area contributed by atoms with Crippen LogP contribution in [-0.4, -0.2) is 17.1 Å². The van der Waals surface area contributed by atoms with Gasteiger partial charge in [0.05, 0.1) is 12.2 Å². The number of pyridine rings is 1. The standard InChI is InChI=1S/C13H8BF4NO2/c15-12-2-8-6-21-14(20)11(8)3-10(12)7-1-9(5-19-4-7)13(16,17)18/h1-5,20H,6H2. The second kappa shape index (κ2) is 4.82. The number of fused-ring (bicyclic) bond motifs is 1. The zero-order valence-corrected chi connectivity index (χ0v) is 10.5. The zero-order valence-electron chi connectivity index (χ0n) is 10.5. The highest BCUT2D eigenvalue weighted by molar-refractivity contribution is 6.61. The predicted octanol–water partition coefficient (Wildman–Crippen LogP) is 2.12. The van der Waals surface area contributed by atoms with E-state index in [2.05, 4.69) is 4.98 Å². The van der Waals surface area contributed by atoms with E-state index in [1.54, 1.807) is 0 Å². The van der Waals surface area contributed by atoms with Crippen LogP contribution < -0.4 is 5.46 Å². The van der Waals surface area contributed by atoms with Crippen molar-refractivity contribution in [3.05, 3.63) is 47.5 Å². The molecule has 0 saturated carbocycles. The first-order valence-electron chi connectivity index (χ1n) is 6.01. The first-order chi connectivity index (χ1) is 9.86. The maximum atomic E-state index is 14.0. The Kier molecular flexibility index (Phi) is 3.22. The highest BCUT2D eigenvalue weighted by Gasteiger charge is 2.32. The maximum absolute atomic E-state index is 14.0.